The third-order valence-electron chi connectivity index (χ3n) is 11.8. The Morgan fingerprint density at radius 3 is 1.15 bits per heavy atom. The molecule has 11 heteroatoms. The minimum atomic E-state index is -1.49. The minimum absolute atomic E-state index is 0.139. The van der Waals surface area contributed by atoms with Gasteiger partial charge >= 0.3 is 17.9 Å². The van der Waals surface area contributed by atoms with Crippen LogP contribution in [0.1, 0.15) is 240 Å². The van der Waals surface area contributed by atoms with Crippen LogP contribution < -0.4 is 0 Å². The summed E-state index contributed by atoms with van der Waals surface area (Å²) in [6, 6.07) is 0. The SMILES string of the molecule is CCCCCCCCCCC[C@H](CC(=O)O)OC(=O)C[C@@H](CCCCCCCCCCC)OC(=O)C[C@@H](CCCCCCCCCCC)O[C@@H]1OC(C)[C@H](O)[C@H](O)C1O. The molecule has 1 saturated heterocycles. The molecule has 348 valence electrons. The van der Waals surface area contributed by atoms with Crippen molar-refractivity contribution in [2.45, 2.75) is 289 Å². The van der Waals surface area contributed by atoms with Crippen LogP contribution in [-0.4, -0.2) is 87.4 Å². The van der Waals surface area contributed by atoms with Crippen LogP contribution in [0.15, 0.2) is 0 Å². The standard InChI is InChI=1S/C48H90O11/c1-5-8-11-14-17-20-23-26-29-32-39(35-42(49)50)57-43(51)36-40(33-30-27-24-21-18-15-12-9-6-2)58-44(52)37-41(34-31-28-25-22-19-16-13-10-7-3)59-48-47(55)46(54)45(53)38(4)56-48/h38-41,45-48,53-55H,5-37H2,1-4H3,(H,49,50)/t38?,39-,40-,41-,45+,46+,47?,48+/m1/s1. The second-order valence-corrected chi connectivity index (χ2v) is 17.5. The number of aliphatic hydroxyl groups is 3. The first-order valence-electron chi connectivity index (χ1n) is 24.5. The van der Waals surface area contributed by atoms with Gasteiger partial charge in [0.15, 0.2) is 6.29 Å². The summed E-state index contributed by atoms with van der Waals surface area (Å²) < 4.78 is 23.6. The van der Waals surface area contributed by atoms with Crippen LogP contribution >= 0.6 is 0 Å². The highest BCUT2D eigenvalue weighted by Crippen LogP contribution is 2.26. The third-order valence-corrected chi connectivity index (χ3v) is 11.8. The molecule has 0 bridgehead atoms. The topological polar surface area (TPSA) is 169 Å². The zero-order chi connectivity index (χ0) is 43.5. The second-order valence-electron chi connectivity index (χ2n) is 17.5. The Morgan fingerprint density at radius 1 is 0.458 bits per heavy atom. The molecule has 0 amide bonds. The summed E-state index contributed by atoms with van der Waals surface area (Å²) in [5.41, 5.74) is 0. The van der Waals surface area contributed by atoms with Crippen molar-refractivity contribution in [2.24, 2.45) is 0 Å². The molecule has 8 atom stereocenters. The number of unbranched alkanes of at least 4 members (excludes halogenated alkanes) is 24. The number of hydrogen-bond acceptors (Lipinski definition) is 10. The maximum atomic E-state index is 13.6. The van der Waals surface area contributed by atoms with Crippen molar-refractivity contribution in [3.8, 4) is 0 Å². The lowest BCUT2D eigenvalue weighted by molar-refractivity contribution is -0.304. The number of aliphatic carboxylic acids is 1. The summed E-state index contributed by atoms with van der Waals surface area (Å²) in [6.45, 7) is 8.22. The van der Waals surface area contributed by atoms with Gasteiger partial charge in [0.05, 0.1) is 31.5 Å². The number of carboxylic acid groups (broad SMARTS) is 1. The molecule has 1 aliphatic heterocycles. The van der Waals surface area contributed by atoms with E-state index in [0.29, 0.717) is 19.3 Å². The van der Waals surface area contributed by atoms with Gasteiger partial charge < -0.3 is 39.4 Å². The molecule has 59 heavy (non-hydrogen) atoms. The summed E-state index contributed by atoms with van der Waals surface area (Å²) in [6.07, 6.45) is 23.0. The van der Waals surface area contributed by atoms with Crippen LogP contribution in [-0.2, 0) is 33.3 Å². The zero-order valence-corrected chi connectivity index (χ0v) is 38.1. The van der Waals surface area contributed by atoms with Gasteiger partial charge in [0.1, 0.15) is 30.5 Å². The fourth-order valence-corrected chi connectivity index (χ4v) is 8.02. The number of ether oxygens (including phenoxy) is 4. The van der Waals surface area contributed by atoms with Gasteiger partial charge in [-0.3, -0.25) is 14.4 Å². The van der Waals surface area contributed by atoms with Crippen molar-refractivity contribution in [3.63, 3.8) is 0 Å². The van der Waals surface area contributed by atoms with Gasteiger partial charge in [-0.2, -0.15) is 0 Å². The Morgan fingerprint density at radius 2 is 0.780 bits per heavy atom. The monoisotopic (exact) mass is 843 g/mol. The molecule has 1 aliphatic rings. The van der Waals surface area contributed by atoms with Gasteiger partial charge in [0.2, 0.25) is 0 Å². The van der Waals surface area contributed by atoms with Crippen molar-refractivity contribution in [1.82, 2.24) is 0 Å². The van der Waals surface area contributed by atoms with Crippen molar-refractivity contribution in [3.05, 3.63) is 0 Å². The van der Waals surface area contributed by atoms with E-state index in [1.165, 1.54) is 96.3 Å². The average Bonchev–Trinajstić information content (AvgIpc) is 3.19. The summed E-state index contributed by atoms with van der Waals surface area (Å²) >= 11 is 0. The average molecular weight is 843 g/mol. The molecule has 11 nitrogen and oxygen atoms in total. The molecule has 0 spiro atoms. The Kier molecular flexibility index (Phi) is 34.5. The predicted molar refractivity (Wildman–Crippen MR) is 234 cm³/mol. The fourth-order valence-electron chi connectivity index (χ4n) is 8.02. The lowest BCUT2D eigenvalue weighted by Gasteiger charge is -2.40. The highest BCUT2D eigenvalue weighted by Gasteiger charge is 2.43. The van der Waals surface area contributed by atoms with Crippen molar-refractivity contribution >= 4 is 17.9 Å². The van der Waals surface area contributed by atoms with E-state index in [9.17, 15) is 34.8 Å². The van der Waals surface area contributed by atoms with Crippen molar-refractivity contribution in [2.75, 3.05) is 0 Å². The molecule has 0 saturated carbocycles. The van der Waals surface area contributed by atoms with E-state index >= 15 is 0 Å². The lowest BCUT2D eigenvalue weighted by Crippen LogP contribution is -2.58. The number of carbonyl (C=O) groups is 3. The van der Waals surface area contributed by atoms with E-state index in [1.807, 2.05) is 0 Å². The largest absolute Gasteiger partial charge is 0.481 e. The molecule has 4 N–H and O–H groups in total. The Balaban J connectivity index is 2.90. The van der Waals surface area contributed by atoms with E-state index in [1.54, 1.807) is 6.92 Å². The maximum Gasteiger partial charge on any atom is 0.309 e. The first-order chi connectivity index (χ1) is 28.5. The van der Waals surface area contributed by atoms with Crippen LogP contribution in [0.5, 0.6) is 0 Å². The summed E-state index contributed by atoms with van der Waals surface area (Å²) in [4.78, 5) is 38.6. The molecule has 1 fully saturated rings. The molecule has 0 aliphatic carbocycles. The van der Waals surface area contributed by atoms with Gasteiger partial charge in [-0.25, -0.2) is 0 Å². The highest BCUT2D eigenvalue weighted by molar-refractivity contribution is 5.73. The Bertz CT molecular complexity index is 1020. The quantitative estimate of drug-likeness (QED) is 0.0342. The van der Waals surface area contributed by atoms with Gasteiger partial charge in [-0.1, -0.05) is 181 Å². The highest BCUT2D eigenvalue weighted by atomic mass is 16.7. The fraction of sp³-hybridized carbons (Fsp3) is 0.938. The van der Waals surface area contributed by atoms with E-state index in [4.69, 9.17) is 18.9 Å². The molecular formula is C48H90O11. The van der Waals surface area contributed by atoms with Gasteiger partial charge in [-0.05, 0) is 39.0 Å². The first-order valence-corrected chi connectivity index (χ1v) is 24.5. The number of carboxylic acids is 1. The molecule has 1 rings (SSSR count). The maximum absolute atomic E-state index is 13.6. The predicted octanol–water partition coefficient (Wildman–Crippen LogP) is 11.0. The van der Waals surface area contributed by atoms with Crippen LogP contribution in [0, 0.1) is 0 Å². The third kappa shape index (κ3) is 29.2. The van der Waals surface area contributed by atoms with Crippen LogP contribution in [0.4, 0.5) is 0 Å². The number of carbonyl (C=O) groups excluding carboxylic acids is 2. The first kappa shape index (κ1) is 55.2. The van der Waals surface area contributed by atoms with Crippen molar-refractivity contribution in [1.29, 1.82) is 0 Å². The van der Waals surface area contributed by atoms with Gasteiger partial charge in [0.25, 0.3) is 0 Å². The molecule has 0 radical (unpaired) electrons. The Hall–Kier alpha value is -1.79. The molecule has 2 unspecified atom stereocenters. The van der Waals surface area contributed by atoms with Crippen LogP contribution in [0.25, 0.3) is 0 Å². The smallest absolute Gasteiger partial charge is 0.309 e. The van der Waals surface area contributed by atoms with Crippen LogP contribution in [0.3, 0.4) is 0 Å². The van der Waals surface area contributed by atoms with E-state index in [2.05, 4.69) is 20.8 Å². The second kappa shape index (κ2) is 36.8. The number of esters is 2. The normalized spacial score (nSPS) is 20.9. The summed E-state index contributed by atoms with van der Waals surface area (Å²) in [5.74, 6) is -2.13. The van der Waals surface area contributed by atoms with E-state index < -0.39 is 66.9 Å². The van der Waals surface area contributed by atoms with E-state index in [0.717, 1.165) is 77.0 Å². The molecule has 0 aromatic rings. The molecule has 0 aromatic heterocycles. The number of hydrogen-bond donors (Lipinski definition) is 4. The van der Waals surface area contributed by atoms with Gasteiger partial charge in [-0.15, -0.1) is 0 Å². The van der Waals surface area contributed by atoms with E-state index in [-0.39, 0.29) is 19.3 Å². The molecule has 0 aromatic carbocycles. The summed E-state index contributed by atoms with van der Waals surface area (Å²) in [5, 5.41) is 40.9. The number of aliphatic hydroxyl groups excluding tert-OH is 3. The Labute approximate surface area is 359 Å². The zero-order valence-electron chi connectivity index (χ0n) is 38.1. The van der Waals surface area contributed by atoms with Crippen LogP contribution in [0.2, 0.25) is 0 Å². The van der Waals surface area contributed by atoms with Gasteiger partial charge in [0, 0.05) is 0 Å². The van der Waals surface area contributed by atoms with Crippen molar-refractivity contribution < 1.29 is 53.8 Å². The number of rotatable bonds is 40. The molecular weight excluding hydrogens is 753 g/mol. The lowest BCUT2D eigenvalue weighted by atomic mass is 9.99. The summed E-state index contributed by atoms with van der Waals surface area (Å²) in [7, 11) is 0. The molecule has 1 heterocycles. The minimum Gasteiger partial charge on any atom is -0.481 e.